The van der Waals surface area contributed by atoms with Crippen LogP contribution < -0.4 is 4.90 Å². The van der Waals surface area contributed by atoms with Gasteiger partial charge in [-0.25, -0.2) is 0 Å². The summed E-state index contributed by atoms with van der Waals surface area (Å²) in [6.07, 6.45) is 0.122. The highest BCUT2D eigenvalue weighted by Crippen LogP contribution is 2.31. The van der Waals surface area contributed by atoms with Gasteiger partial charge in [0.15, 0.2) is 0 Å². The van der Waals surface area contributed by atoms with E-state index in [-0.39, 0.29) is 31.4 Å². The second-order valence-corrected chi connectivity index (χ2v) is 7.23. The SMILES string of the molecule is CCOC(=O)CCN1C(=O)CN=C(c2ccccc2Cl)c2cc(Br)ccc21. The Morgan fingerprint density at radius 2 is 2.04 bits per heavy atom. The van der Waals surface area contributed by atoms with Crippen molar-refractivity contribution in [3.63, 3.8) is 0 Å². The molecule has 7 heteroatoms. The third-order valence-corrected chi connectivity index (χ3v) is 4.97. The van der Waals surface area contributed by atoms with Crippen molar-refractivity contribution in [2.45, 2.75) is 13.3 Å². The summed E-state index contributed by atoms with van der Waals surface area (Å²) in [6, 6.07) is 13.0. The molecule has 0 aliphatic carbocycles. The van der Waals surface area contributed by atoms with Crippen molar-refractivity contribution < 1.29 is 14.3 Å². The molecule has 1 aliphatic rings. The minimum absolute atomic E-state index is 0.0182. The number of hydrogen-bond acceptors (Lipinski definition) is 4. The van der Waals surface area contributed by atoms with Gasteiger partial charge in [-0.3, -0.25) is 14.6 Å². The number of benzene rings is 2. The number of ether oxygens (including phenoxy) is 1. The number of carbonyl (C=O) groups excluding carboxylic acids is 2. The number of hydrogen-bond donors (Lipinski definition) is 0. The lowest BCUT2D eigenvalue weighted by molar-refractivity contribution is -0.142. The molecule has 1 amide bonds. The van der Waals surface area contributed by atoms with Crippen LogP contribution >= 0.6 is 27.5 Å². The number of benzodiazepines with no additional fused rings is 1. The normalized spacial score (nSPS) is 13.7. The zero-order valence-corrected chi connectivity index (χ0v) is 17.1. The molecule has 0 atom stereocenters. The van der Waals surface area contributed by atoms with Gasteiger partial charge in [-0.05, 0) is 31.2 Å². The lowest BCUT2D eigenvalue weighted by Gasteiger charge is -2.23. The predicted octanol–water partition coefficient (Wildman–Crippen LogP) is 4.24. The van der Waals surface area contributed by atoms with E-state index in [0.29, 0.717) is 23.0 Å². The van der Waals surface area contributed by atoms with Crippen molar-refractivity contribution in [2.24, 2.45) is 4.99 Å². The van der Waals surface area contributed by atoms with E-state index in [1.807, 2.05) is 36.4 Å². The van der Waals surface area contributed by atoms with Crippen molar-refractivity contribution in [2.75, 3.05) is 24.6 Å². The van der Waals surface area contributed by atoms with Crippen LogP contribution in [0.15, 0.2) is 51.9 Å². The first-order chi connectivity index (χ1) is 13.0. The highest BCUT2D eigenvalue weighted by molar-refractivity contribution is 9.10. The van der Waals surface area contributed by atoms with Crippen LogP contribution in [0.1, 0.15) is 24.5 Å². The number of amides is 1. The summed E-state index contributed by atoms with van der Waals surface area (Å²) in [7, 11) is 0. The molecule has 27 heavy (non-hydrogen) atoms. The van der Waals surface area contributed by atoms with Crippen molar-refractivity contribution in [1.82, 2.24) is 0 Å². The molecule has 0 aromatic heterocycles. The molecule has 2 aromatic rings. The lowest BCUT2D eigenvalue weighted by Crippen LogP contribution is -2.34. The molecule has 0 saturated carbocycles. The van der Waals surface area contributed by atoms with Crippen LogP contribution in [-0.2, 0) is 14.3 Å². The molecule has 0 spiro atoms. The average molecular weight is 450 g/mol. The monoisotopic (exact) mass is 448 g/mol. The largest absolute Gasteiger partial charge is 0.466 e. The molecule has 0 N–H and O–H groups in total. The molecule has 0 fully saturated rings. The van der Waals surface area contributed by atoms with Gasteiger partial charge in [0.1, 0.15) is 6.54 Å². The molecular formula is C20H18BrClN2O3. The first-order valence-electron chi connectivity index (χ1n) is 8.56. The van der Waals surface area contributed by atoms with E-state index in [9.17, 15) is 9.59 Å². The summed E-state index contributed by atoms with van der Waals surface area (Å²) >= 11 is 9.86. The number of fused-ring (bicyclic) bond motifs is 1. The number of anilines is 1. The molecule has 1 aliphatic heterocycles. The smallest absolute Gasteiger partial charge is 0.307 e. The Bertz CT molecular complexity index is 914. The summed E-state index contributed by atoms with van der Waals surface area (Å²) in [5, 5.41) is 0.564. The van der Waals surface area contributed by atoms with Crippen molar-refractivity contribution >= 4 is 50.8 Å². The molecule has 0 bridgehead atoms. The fourth-order valence-electron chi connectivity index (χ4n) is 2.95. The number of rotatable bonds is 5. The van der Waals surface area contributed by atoms with Crippen LogP contribution in [0.5, 0.6) is 0 Å². The maximum atomic E-state index is 12.7. The van der Waals surface area contributed by atoms with E-state index in [4.69, 9.17) is 16.3 Å². The van der Waals surface area contributed by atoms with Gasteiger partial charge in [0.2, 0.25) is 5.91 Å². The fourth-order valence-corrected chi connectivity index (χ4v) is 3.54. The van der Waals surface area contributed by atoms with Crippen LogP contribution in [-0.4, -0.2) is 37.3 Å². The second-order valence-electron chi connectivity index (χ2n) is 5.91. The van der Waals surface area contributed by atoms with E-state index >= 15 is 0 Å². The van der Waals surface area contributed by atoms with Crippen LogP contribution in [0.2, 0.25) is 5.02 Å². The molecule has 140 valence electrons. The highest BCUT2D eigenvalue weighted by atomic mass is 79.9. The summed E-state index contributed by atoms with van der Waals surface area (Å²) in [4.78, 5) is 30.6. The summed E-state index contributed by atoms with van der Waals surface area (Å²) in [5.41, 5.74) is 2.90. The van der Waals surface area contributed by atoms with E-state index in [2.05, 4.69) is 20.9 Å². The number of esters is 1. The predicted molar refractivity (Wildman–Crippen MR) is 110 cm³/mol. The van der Waals surface area contributed by atoms with Gasteiger partial charge in [0.25, 0.3) is 0 Å². The van der Waals surface area contributed by atoms with Crippen molar-refractivity contribution in [1.29, 1.82) is 0 Å². The first kappa shape index (κ1) is 19.6. The molecule has 2 aromatic carbocycles. The molecule has 5 nitrogen and oxygen atoms in total. The maximum Gasteiger partial charge on any atom is 0.307 e. The zero-order valence-electron chi connectivity index (χ0n) is 14.7. The maximum absolute atomic E-state index is 12.7. The van der Waals surface area contributed by atoms with Gasteiger partial charge in [-0.2, -0.15) is 0 Å². The molecule has 3 rings (SSSR count). The van der Waals surface area contributed by atoms with Gasteiger partial charge in [-0.15, -0.1) is 0 Å². The van der Waals surface area contributed by atoms with Gasteiger partial charge in [-0.1, -0.05) is 45.7 Å². The summed E-state index contributed by atoms with van der Waals surface area (Å²) in [6.45, 7) is 2.29. The first-order valence-corrected chi connectivity index (χ1v) is 9.73. The van der Waals surface area contributed by atoms with E-state index in [1.54, 1.807) is 17.9 Å². The number of aliphatic imine (C=N–C) groups is 1. The summed E-state index contributed by atoms with van der Waals surface area (Å²) < 4.78 is 5.84. The zero-order chi connectivity index (χ0) is 19.4. The Hall–Kier alpha value is -2.18. The van der Waals surface area contributed by atoms with E-state index in [1.165, 1.54) is 0 Å². The van der Waals surface area contributed by atoms with Crippen molar-refractivity contribution in [3.05, 3.63) is 63.1 Å². The standard InChI is InChI=1S/C20H18BrClN2O3/c1-2-27-19(26)9-10-24-17-8-7-13(21)11-15(17)20(23-12-18(24)25)14-5-3-4-6-16(14)22/h3-8,11H,2,9-10,12H2,1H3. The number of carbonyl (C=O) groups is 2. The molecular weight excluding hydrogens is 432 g/mol. The minimum Gasteiger partial charge on any atom is -0.466 e. The fraction of sp³-hybridized carbons (Fsp3) is 0.250. The van der Waals surface area contributed by atoms with Crippen LogP contribution in [0, 0.1) is 0 Å². The van der Waals surface area contributed by atoms with Crippen molar-refractivity contribution in [3.8, 4) is 0 Å². The Balaban J connectivity index is 2.03. The van der Waals surface area contributed by atoms with Gasteiger partial charge < -0.3 is 9.64 Å². The quantitative estimate of drug-likeness (QED) is 0.642. The van der Waals surface area contributed by atoms with Crippen LogP contribution in [0.25, 0.3) is 0 Å². The Labute approximate surface area is 171 Å². The average Bonchev–Trinajstić information content (AvgIpc) is 2.77. The Morgan fingerprint density at radius 3 is 2.78 bits per heavy atom. The minimum atomic E-state index is -0.333. The Morgan fingerprint density at radius 1 is 1.26 bits per heavy atom. The third kappa shape index (κ3) is 4.39. The molecule has 0 radical (unpaired) electrons. The van der Waals surface area contributed by atoms with Gasteiger partial charge in [0, 0.05) is 27.2 Å². The number of nitrogens with zero attached hydrogens (tertiary/aromatic N) is 2. The molecule has 0 unspecified atom stereocenters. The Kier molecular flexibility index (Phi) is 6.29. The lowest BCUT2D eigenvalue weighted by atomic mass is 10.00. The van der Waals surface area contributed by atoms with Gasteiger partial charge in [0.05, 0.1) is 24.4 Å². The number of halogens is 2. The third-order valence-electron chi connectivity index (χ3n) is 4.15. The van der Waals surface area contributed by atoms with Crippen LogP contribution in [0.4, 0.5) is 5.69 Å². The van der Waals surface area contributed by atoms with Crippen LogP contribution in [0.3, 0.4) is 0 Å². The van der Waals surface area contributed by atoms with Gasteiger partial charge >= 0.3 is 5.97 Å². The second kappa shape index (κ2) is 8.67. The molecule has 0 saturated heterocycles. The van der Waals surface area contributed by atoms with E-state index in [0.717, 1.165) is 15.6 Å². The summed E-state index contributed by atoms with van der Waals surface area (Å²) in [5.74, 6) is -0.509. The highest BCUT2D eigenvalue weighted by Gasteiger charge is 2.26. The van der Waals surface area contributed by atoms with E-state index < -0.39 is 0 Å². The molecule has 1 heterocycles. The topological polar surface area (TPSA) is 59.0 Å².